The zero-order valence-corrected chi connectivity index (χ0v) is 13.7. The number of thiazole rings is 1. The first-order valence-corrected chi connectivity index (χ1v) is 8.34. The highest BCUT2D eigenvalue weighted by Crippen LogP contribution is 2.33. The lowest BCUT2D eigenvalue weighted by atomic mass is 10.1. The molecule has 5 heteroatoms. The van der Waals surface area contributed by atoms with Crippen LogP contribution in [0.15, 0.2) is 0 Å². The maximum atomic E-state index is 5.90. The maximum Gasteiger partial charge on any atom is 0.185 e. The van der Waals surface area contributed by atoms with Crippen molar-refractivity contribution < 1.29 is 4.74 Å². The van der Waals surface area contributed by atoms with Crippen molar-refractivity contribution in [2.75, 3.05) is 18.0 Å². The highest BCUT2D eigenvalue weighted by atomic mass is 32.1. The van der Waals surface area contributed by atoms with E-state index in [1.165, 1.54) is 28.5 Å². The molecule has 0 aromatic carbocycles. The van der Waals surface area contributed by atoms with E-state index in [2.05, 4.69) is 37.9 Å². The van der Waals surface area contributed by atoms with Crippen molar-refractivity contribution in [3.63, 3.8) is 0 Å². The summed E-state index contributed by atoms with van der Waals surface area (Å²) in [4.78, 5) is 8.56. The number of rotatable bonds is 3. The van der Waals surface area contributed by atoms with Gasteiger partial charge < -0.3 is 15.0 Å². The van der Waals surface area contributed by atoms with Crippen LogP contribution >= 0.6 is 11.3 Å². The number of hydrogen-bond acceptors (Lipinski definition) is 5. The van der Waals surface area contributed by atoms with Gasteiger partial charge >= 0.3 is 0 Å². The van der Waals surface area contributed by atoms with E-state index < -0.39 is 0 Å². The Morgan fingerprint density at radius 2 is 1.95 bits per heavy atom. The topological polar surface area (TPSA) is 37.4 Å². The largest absolute Gasteiger partial charge is 0.371 e. The van der Waals surface area contributed by atoms with Gasteiger partial charge in [0.2, 0.25) is 0 Å². The lowest BCUT2D eigenvalue weighted by Crippen LogP contribution is -2.42. The van der Waals surface area contributed by atoms with Crippen LogP contribution < -0.4 is 10.2 Å². The number of aryl methyl sites for hydroxylation is 1. The second-order valence-electron chi connectivity index (χ2n) is 6.97. The number of fused-ring (bicyclic) bond motifs is 2. The molecule has 2 bridgehead atoms. The van der Waals surface area contributed by atoms with Gasteiger partial charge in [-0.2, -0.15) is 0 Å². The summed E-state index contributed by atoms with van der Waals surface area (Å²) < 4.78 is 5.90. The summed E-state index contributed by atoms with van der Waals surface area (Å²) in [7, 11) is 0. The molecule has 0 spiro atoms. The van der Waals surface area contributed by atoms with Crippen LogP contribution in [-0.4, -0.2) is 35.8 Å². The maximum absolute atomic E-state index is 5.90. The first-order valence-electron chi connectivity index (χ1n) is 7.52. The van der Waals surface area contributed by atoms with Crippen molar-refractivity contribution in [2.24, 2.45) is 0 Å². The van der Waals surface area contributed by atoms with Crippen LogP contribution in [-0.2, 0) is 11.3 Å². The number of nitrogens with zero attached hydrogens (tertiary/aromatic N) is 2. The summed E-state index contributed by atoms with van der Waals surface area (Å²) in [6.45, 7) is 11.6. The quantitative estimate of drug-likeness (QED) is 0.930. The lowest BCUT2D eigenvalue weighted by Gasteiger charge is -2.31. The van der Waals surface area contributed by atoms with Gasteiger partial charge in [0.15, 0.2) is 5.13 Å². The van der Waals surface area contributed by atoms with Crippen molar-refractivity contribution in [3.05, 3.63) is 10.6 Å². The molecule has 4 nitrogen and oxygen atoms in total. The second-order valence-corrected chi connectivity index (χ2v) is 8.03. The fourth-order valence-electron chi connectivity index (χ4n) is 2.83. The standard InChI is InChI=1S/C15H25N3OS/c1-10-13(7-16-15(2,3)4)20-14(17-10)18-8-11-5-6-12(9-18)19-11/h11-12,16H,5-9H2,1-4H3. The van der Waals surface area contributed by atoms with Crippen molar-refractivity contribution in [1.29, 1.82) is 0 Å². The van der Waals surface area contributed by atoms with Crippen LogP contribution in [0.4, 0.5) is 5.13 Å². The molecule has 0 amide bonds. The molecule has 3 heterocycles. The first-order chi connectivity index (χ1) is 9.40. The van der Waals surface area contributed by atoms with Gasteiger partial charge in [-0.1, -0.05) is 0 Å². The van der Waals surface area contributed by atoms with Crippen LogP contribution in [0.25, 0.3) is 0 Å². The van der Waals surface area contributed by atoms with Gasteiger partial charge in [0.05, 0.1) is 17.9 Å². The van der Waals surface area contributed by atoms with Gasteiger partial charge in [-0.05, 0) is 40.5 Å². The number of hydrogen-bond donors (Lipinski definition) is 1. The number of nitrogens with one attached hydrogen (secondary N) is 1. The lowest BCUT2D eigenvalue weighted by molar-refractivity contribution is 0.0305. The summed E-state index contributed by atoms with van der Waals surface area (Å²) >= 11 is 1.84. The molecule has 1 aromatic heterocycles. The highest BCUT2D eigenvalue weighted by Gasteiger charge is 2.34. The molecule has 0 aliphatic carbocycles. The Morgan fingerprint density at radius 1 is 1.30 bits per heavy atom. The Kier molecular flexibility index (Phi) is 3.77. The van der Waals surface area contributed by atoms with Gasteiger partial charge in [0, 0.05) is 30.1 Å². The molecule has 2 atom stereocenters. The summed E-state index contributed by atoms with van der Waals surface area (Å²) in [6, 6.07) is 0. The summed E-state index contributed by atoms with van der Waals surface area (Å²) in [5, 5.41) is 4.73. The second kappa shape index (κ2) is 5.28. The molecule has 20 heavy (non-hydrogen) atoms. The number of aromatic nitrogens is 1. The molecule has 1 N–H and O–H groups in total. The van der Waals surface area contributed by atoms with Crippen LogP contribution in [0.3, 0.4) is 0 Å². The first kappa shape index (κ1) is 14.3. The third-order valence-electron chi connectivity index (χ3n) is 3.97. The minimum atomic E-state index is 0.147. The van der Waals surface area contributed by atoms with E-state index in [1.54, 1.807) is 0 Å². The zero-order chi connectivity index (χ0) is 14.3. The fourth-order valence-corrected chi connectivity index (χ4v) is 3.85. The minimum absolute atomic E-state index is 0.147. The molecule has 2 fully saturated rings. The Hall–Kier alpha value is -0.650. The predicted octanol–water partition coefficient (Wildman–Crippen LogP) is 2.71. The van der Waals surface area contributed by atoms with Crippen molar-refractivity contribution in [3.8, 4) is 0 Å². The zero-order valence-electron chi connectivity index (χ0n) is 12.9. The third kappa shape index (κ3) is 3.15. The van der Waals surface area contributed by atoms with Gasteiger partial charge in [-0.25, -0.2) is 4.98 Å². The van der Waals surface area contributed by atoms with Gasteiger partial charge in [0.25, 0.3) is 0 Å². The van der Waals surface area contributed by atoms with E-state index in [4.69, 9.17) is 9.72 Å². The average molecular weight is 295 g/mol. The van der Waals surface area contributed by atoms with Crippen LogP contribution in [0.2, 0.25) is 0 Å². The van der Waals surface area contributed by atoms with Crippen LogP contribution in [0.1, 0.15) is 44.2 Å². The molecule has 0 saturated carbocycles. The fraction of sp³-hybridized carbons (Fsp3) is 0.800. The Bertz CT molecular complexity index is 468. The van der Waals surface area contributed by atoms with Crippen LogP contribution in [0, 0.1) is 6.92 Å². The number of ether oxygens (including phenoxy) is 1. The average Bonchev–Trinajstić information content (AvgIpc) is 2.89. The smallest absolute Gasteiger partial charge is 0.185 e. The van der Waals surface area contributed by atoms with E-state index in [-0.39, 0.29) is 5.54 Å². The summed E-state index contributed by atoms with van der Waals surface area (Å²) in [5.74, 6) is 0. The van der Waals surface area contributed by atoms with E-state index in [0.29, 0.717) is 12.2 Å². The van der Waals surface area contributed by atoms with Crippen molar-refractivity contribution in [1.82, 2.24) is 10.3 Å². The highest BCUT2D eigenvalue weighted by molar-refractivity contribution is 7.15. The molecule has 1 aromatic rings. The molecule has 2 aliphatic rings. The molecular weight excluding hydrogens is 270 g/mol. The van der Waals surface area contributed by atoms with Crippen molar-refractivity contribution in [2.45, 2.75) is 64.8 Å². The Morgan fingerprint density at radius 3 is 2.55 bits per heavy atom. The molecule has 2 unspecified atom stereocenters. The third-order valence-corrected chi connectivity index (χ3v) is 5.19. The normalized spacial score (nSPS) is 26.3. The van der Waals surface area contributed by atoms with Gasteiger partial charge in [-0.15, -0.1) is 11.3 Å². The molecular formula is C15H25N3OS. The monoisotopic (exact) mass is 295 g/mol. The van der Waals surface area contributed by atoms with Gasteiger partial charge in [0.1, 0.15) is 0 Å². The molecule has 112 valence electrons. The molecule has 3 rings (SSSR count). The summed E-state index contributed by atoms with van der Waals surface area (Å²) in [6.07, 6.45) is 3.27. The minimum Gasteiger partial charge on any atom is -0.371 e. The number of morpholine rings is 1. The van der Waals surface area contributed by atoms with E-state index in [1.807, 2.05) is 11.3 Å². The molecule has 2 aliphatic heterocycles. The predicted molar refractivity (Wildman–Crippen MR) is 83.6 cm³/mol. The molecule has 2 saturated heterocycles. The van der Waals surface area contributed by atoms with Gasteiger partial charge in [-0.3, -0.25) is 0 Å². The summed E-state index contributed by atoms with van der Waals surface area (Å²) in [5.41, 5.74) is 1.31. The Labute approximate surface area is 125 Å². The van der Waals surface area contributed by atoms with Crippen LogP contribution in [0.5, 0.6) is 0 Å². The van der Waals surface area contributed by atoms with E-state index in [0.717, 1.165) is 19.6 Å². The molecule has 0 radical (unpaired) electrons. The number of anilines is 1. The Balaban J connectivity index is 1.69. The van der Waals surface area contributed by atoms with E-state index in [9.17, 15) is 0 Å². The SMILES string of the molecule is Cc1nc(N2CC3CCC(C2)O3)sc1CNC(C)(C)C. The van der Waals surface area contributed by atoms with Crippen molar-refractivity contribution >= 4 is 16.5 Å². The van der Waals surface area contributed by atoms with E-state index >= 15 is 0 Å².